The van der Waals surface area contributed by atoms with E-state index in [4.69, 9.17) is 15.2 Å². The maximum absolute atomic E-state index is 12.9. The van der Waals surface area contributed by atoms with Gasteiger partial charge in [0, 0.05) is 24.8 Å². The molecule has 0 amide bonds. The lowest BCUT2D eigenvalue weighted by molar-refractivity contribution is -0.218. The average Bonchev–Trinajstić information content (AvgIpc) is 2.41. The first-order valence-electron chi connectivity index (χ1n) is 5.18. The molecule has 1 saturated carbocycles. The zero-order valence-electron chi connectivity index (χ0n) is 9.06. The van der Waals surface area contributed by atoms with Crippen LogP contribution in [0.15, 0.2) is 0 Å². The fourth-order valence-corrected chi connectivity index (χ4v) is 2.47. The molecular weight excluding hydrogens is 204 g/mol. The number of hydrogen-bond acceptors (Lipinski definition) is 3. The zero-order chi connectivity index (χ0) is 11.3. The molecule has 0 spiro atoms. The van der Waals surface area contributed by atoms with Crippen LogP contribution in [0.2, 0.25) is 0 Å². The van der Waals surface area contributed by atoms with Crippen LogP contribution in [0.3, 0.4) is 0 Å². The molecule has 0 aromatic carbocycles. The van der Waals surface area contributed by atoms with Crippen molar-refractivity contribution in [1.29, 1.82) is 0 Å². The molecule has 0 aromatic rings. The molecule has 2 N–H and O–H groups in total. The monoisotopic (exact) mass is 221 g/mol. The van der Waals surface area contributed by atoms with Gasteiger partial charge in [-0.15, -0.1) is 0 Å². The normalized spacial score (nSPS) is 36.2. The topological polar surface area (TPSA) is 44.5 Å². The lowest BCUT2D eigenvalue weighted by Gasteiger charge is -2.49. The summed E-state index contributed by atoms with van der Waals surface area (Å²) in [6.45, 7) is 4.16. The van der Waals surface area contributed by atoms with E-state index in [2.05, 4.69) is 0 Å². The van der Waals surface area contributed by atoms with Crippen LogP contribution < -0.4 is 5.73 Å². The van der Waals surface area contributed by atoms with Crippen molar-refractivity contribution in [2.45, 2.75) is 44.5 Å². The number of alkyl halides is 2. The van der Waals surface area contributed by atoms with Gasteiger partial charge in [0.2, 0.25) is 5.92 Å². The van der Waals surface area contributed by atoms with Gasteiger partial charge >= 0.3 is 0 Å². The molecule has 0 radical (unpaired) electrons. The van der Waals surface area contributed by atoms with Crippen molar-refractivity contribution in [3.8, 4) is 0 Å². The lowest BCUT2D eigenvalue weighted by Crippen LogP contribution is -2.58. The number of halogens is 2. The minimum atomic E-state index is -2.57. The fraction of sp³-hybridized carbons (Fsp3) is 1.00. The van der Waals surface area contributed by atoms with E-state index in [9.17, 15) is 8.78 Å². The maximum Gasteiger partial charge on any atom is 0.249 e. The third-order valence-electron chi connectivity index (χ3n) is 3.32. The molecule has 2 fully saturated rings. The molecule has 1 heterocycles. The van der Waals surface area contributed by atoms with Crippen LogP contribution in [-0.4, -0.2) is 31.0 Å². The van der Waals surface area contributed by atoms with E-state index >= 15 is 0 Å². The van der Waals surface area contributed by atoms with Crippen molar-refractivity contribution in [1.82, 2.24) is 0 Å². The molecule has 15 heavy (non-hydrogen) atoms. The summed E-state index contributed by atoms with van der Waals surface area (Å²) in [5.41, 5.74) is 5.00. The van der Waals surface area contributed by atoms with E-state index in [-0.39, 0.29) is 25.5 Å². The third kappa shape index (κ3) is 1.88. The van der Waals surface area contributed by atoms with Gasteiger partial charge in [0.15, 0.2) is 5.79 Å². The molecule has 1 saturated heterocycles. The van der Waals surface area contributed by atoms with Crippen LogP contribution in [-0.2, 0) is 9.47 Å². The van der Waals surface area contributed by atoms with E-state index < -0.39 is 17.1 Å². The molecule has 0 bridgehead atoms. The van der Waals surface area contributed by atoms with Crippen LogP contribution in [0.5, 0.6) is 0 Å². The van der Waals surface area contributed by atoms with Crippen molar-refractivity contribution in [2.75, 3.05) is 13.2 Å². The molecule has 0 aromatic heterocycles. The SMILES string of the molecule is CC1(C)OCC(C2(CN)CC(F)(F)C2)O1. The second-order valence-electron chi connectivity index (χ2n) is 5.09. The summed E-state index contributed by atoms with van der Waals surface area (Å²) in [5.74, 6) is -3.24. The fourth-order valence-electron chi connectivity index (χ4n) is 2.47. The van der Waals surface area contributed by atoms with Crippen LogP contribution in [0, 0.1) is 5.41 Å². The lowest BCUT2D eigenvalue weighted by atomic mass is 9.62. The molecule has 3 nitrogen and oxygen atoms in total. The highest BCUT2D eigenvalue weighted by molar-refractivity contribution is 5.05. The summed E-state index contributed by atoms with van der Waals surface area (Å²) >= 11 is 0. The Balaban J connectivity index is 2.04. The van der Waals surface area contributed by atoms with E-state index in [0.717, 1.165) is 0 Å². The largest absolute Gasteiger partial charge is 0.348 e. The Morgan fingerprint density at radius 1 is 1.33 bits per heavy atom. The van der Waals surface area contributed by atoms with Crippen LogP contribution in [0.4, 0.5) is 8.78 Å². The Kier molecular flexibility index (Phi) is 2.34. The summed E-state index contributed by atoms with van der Waals surface area (Å²) in [4.78, 5) is 0. The summed E-state index contributed by atoms with van der Waals surface area (Å²) in [6, 6.07) is 0. The van der Waals surface area contributed by atoms with Crippen molar-refractivity contribution < 1.29 is 18.3 Å². The third-order valence-corrected chi connectivity index (χ3v) is 3.32. The minimum Gasteiger partial charge on any atom is -0.348 e. The second kappa shape index (κ2) is 3.12. The highest BCUT2D eigenvalue weighted by atomic mass is 19.3. The van der Waals surface area contributed by atoms with E-state index in [1.807, 2.05) is 0 Å². The molecule has 5 heteroatoms. The molecule has 1 aliphatic carbocycles. The summed E-state index contributed by atoms with van der Waals surface area (Å²) in [7, 11) is 0. The Morgan fingerprint density at radius 2 is 1.93 bits per heavy atom. The zero-order valence-corrected chi connectivity index (χ0v) is 9.06. The van der Waals surface area contributed by atoms with Crippen molar-refractivity contribution in [2.24, 2.45) is 11.1 Å². The van der Waals surface area contributed by atoms with Crippen LogP contribution in [0.25, 0.3) is 0 Å². The van der Waals surface area contributed by atoms with Gasteiger partial charge in [-0.1, -0.05) is 0 Å². The van der Waals surface area contributed by atoms with Crippen molar-refractivity contribution >= 4 is 0 Å². The first kappa shape index (κ1) is 11.2. The standard InChI is InChI=1S/C10H17F2NO2/c1-8(2)14-3-7(15-8)9(6-13)4-10(11,12)5-9/h7H,3-6,13H2,1-2H3. The summed E-state index contributed by atoms with van der Waals surface area (Å²) < 4.78 is 36.8. The van der Waals surface area contributed by atoms with E-state index in [1.165, 1.54) is 0 Å². The summed E-state index contributed by atoms with van der Waals surface area (Å²) in [6.07, 6.45) is -0.654. The van der Waals surface area contributed by atoms with E-state index in [0.29, 0.717) is 6.61 Å². The number of hydrogen-bond donors (Lipinski definition) is 1. The number of rotatable bonds is 2. The predicted molar refractivity (Wildman–Crippen MR) is 50.6 cm³/mol. The van der Waals surface area contributed by atoms with Gasteiger partial charge in [-0.05, 0) is 13.8 Å². The molecule has 2 aliphatic rings. The van der Waals surface area contributed by atoms with Crippen molar-refractivity contribution in [3.05, 3.63) is 0 Å². The van der Waals surface area contributed by atoms with Gasteiger partial charge in [0.1, 0.15) is 0 Å². The highest BCUT2D eigenvalue weighted by Gasteiger charge is 2.61. The van der Waals surface area contributed by atoms with Gasteiger partial charge < -0.3 is 15.2 Å². The smallest absolute Gasteiger partial charge is 0.249 e. The average molecular weight is 221 g/mol. The van der Waals surface area contributed by atoms with Gasteiger partial charge in [-0.25, -0.2) is 8.78 Å². The first-order chi connectivity index (χ1) is 6.79. The predicted octanol–water partition coefficient (Wildman–Crippen LogP) is 1.51. The van der Waals surface area contributed by atoms with Crippen LogP contribution >= 0.6 is 0 Å². The molecular formula is C10H17F2NO2. The second-order valence-corrected chi connectivity index (χ2v) is 5.09. The summed E-state index contributed by atoms with van der Waals surface area (Å²) in [5, 5.41) is 0. The highest BCUT2D eigenvalue weighted by Crippen LogP contribution is 2.55. The number of ether oxygens (including phenoxy) is 2. The Hall–Kier alpha value is -0.260. The van der Waals surface area contributed by atoms with Crippen LogP contribution in [0.1, 0.15) is 26.7 Å². The maximum atomic E-state index is 12.9. The Bertz CT molecular complexity index is 260. The Morgan fingerprint density at radius 3 is 2.27 bits per heavy atom. The molecule has 1 atom stereocenters. The van der Waals surface area contributed by atoms with Gasteiger partial charge in [-0.2, -0.15) is 0 Å². The minimum absolute atomic E-state index is 0.180. The molecule has 1 unspecified atom stereocenters. The van der Waals surface area contributed by atoms with Gasteiger partial charge in [0.25, 0.3) is 0 Å². The van der Waals surface area contributed by atoms with E-state index in [1.54, 1.807) is 13.8 Å². The Labute approximate surface area is 87.9 Å². The number of nitrogens with two attached hydrogens (primary N) is 1. The quantitative estimate of drug-likeness (QED) is 0.768. The molecule has 88 valence electrons. The first-order valence-corrected chi connectivity index (χ1v) is 5.18. The molecule has 2 rings (SSSR count). The van der Waals surface area contributed by atoms with Crippen molar-refractivity contribution in [3.63, 3.8) is 0 Å². The van der Waals surface area contributed by atoms with Gasteiger partial charge in [0.05, 0.1) is 12.7 Å². The van der Waals surface area contributed by atoms with Gasteiger partial charge in [-0.3, -0.25) is 0 Å². The molecule has 1 aliphatic heterocycles.